The van der Waals surface area contributed by atoms with Gasteiger partial charge in [0.1, 0.15) is 5.69 Å². The third-order valence-electron chi connectivity index (χ3n) is 5.98. The highest BCUT2D eigenvalue weighted by Gasteiger charge is 2.28. The lowest BCUT2D eigenvalue weighted by Crippen LogP contribution is -2.23. The summed E-state index contributed by atoms with van der Waals surface area (Å²) in [4.78, 5) is 18.0. The van der Waals surface area contributed by atoms with Gasteiger partial charge in [0.15, 0.2) is 0 Å². The van der Waals surface area contributed by atoms with Crippen LogP contribution in [-0.4, -0.2) is 16.1 Å². The monoisotopic (exact) mass is 420 g/mol. The zero-order chi connectivity index (χ0) is 20.9. The summed E-state index contributed by atoms with van der Waals surface area (Å²) in [5.41, 5.74) is 3.60. The van der Waals surface area contributed by atoms with Crippen molar-refractivity contribution in [3.05, 3.63) is 70.9 Å². The molecule has 156 valence electrons. The first kappa shape index (κ1) is 20.6. The van der Waals surface area contributed by atoms with Gasteiger partial charge in [0, 0.05) is 9.75 Å². The summed E-state index contributed by atoms with van der Waals surface area (Å²) in [6.07, 6.45) is 8.96. The van der Waals surface area contributed by atoms with E-state index >= 15 is 0 Å². The molecule has 1 unspecified atom stereocenters. The van der Waals surface area contributed by atoms with E-state index in [-0.39, 0.29) is 11.7 Å². The van der Waals surface area contributed by atoms with Crippen molar-refractivity contribution >= 4 is 23.0 Å². The zero-order valence-electron chi connectivity index (χ0n) is 17.3. The number of rotatable bonds is 7. The Balaban J connectivity index is 1.68. The first-order valence-corrected chi connectivity index (χ1v) is 11.6. The van der Waals surface area contributed by atoms with Gasteiger partial charge in [-0.15, -0.1) is 11.3 Å². The molecule has 0 amide bonds. The van der Waals surface area contributed by atoms with Gasteiger partial charge in [-0.2, -0.15) is 0 Å². The molecule has 1 aromatic carbocycles. The molecule has 0 aliphatic heterocycles. The molecule has 4 rings (SSSR count). The topological polar surface area (TPSA) is 62.2 Å². The molecule has 0 radical (unpaired) electrons. The van der Waals surface area contributed by atoms with E-state index in [0.29, 0.717) is 5.92 Å². The lowest BCUT2D eigenvalue weighted by Gasteiger charge is -2.32. The largest absolute Gasteiger partial charge is 0.477 e. The Hall–Kier alpha value is -2.66. The number of carboxylic acids is 1. The summed E-state index contributed by atoms with van der Waals surface area (Å²) in [7, 11) is 0. The van der Waals surface area contributed by atoms with Gasteiger partial charge in [-0.05, 0) is 54.5 Å². The fourth-order valence-electron chi connectivity index (χ4n) is 4.43. The maximum absolute atomic E-state index is 11.1. The van der Waals surface area contributed by atoms with Gasteiger partial charge in [-0.25, -0.2) is 9.78 Å². The molecule has 1 aliphatic carbocycles. The third kappa shape index (κ3) is 4.57. The number of nitrogens with one attached hydrogen (secondary N) is 1. The van der Waals surface area contributed by atoms with E-state index in [9.17, 15) is 4.79 Å². The van der Waals surface area contributed by atoms with Crippen LogP contribution in [0.4, 0.5) is 5.69 Å². The number of carboxylic acid groups (broad SMARTS) is 1. The summed E-state index contributed by atoms with van der Waals surface area (Å²) in [6.45, 7) is 2.23. The van der Waals surface area contributed by atoms with E-state index in [1.165, 1.54) is 53.0 Å². The summed E-state index contributed by atoms with van der Waals surface area (Å²) < 4.78 is 0. The second-order valence-corrected chi connectivity index (χ2v) is 9.10. The Morgan fingerprint density at radius 2 is 1.93 bits per heavy atom. The van der Waals surface area contributed by atoms with Gasteiger partial charge < -0.3 is 10.4 Å². The number of hydrogen-bond acceptors (Lipinski definition) is 4. The molecule has 1 atom stereocenters. The number of anilines is 1. The summed E-state index contributed by atoms with van der Waals surface area (Å²) in [6, 6.07) is 16.6. The van der Waals surface area contributed by atoms with E-state index in [0.717, 1.165) is 12.1 Å². The number of carbonyl (C=O) groups is 1. The first-order chi connectivity index (χ1) is 14.7. The van der Waals surface area contributed by atoms with E-state index in [1.807, 2.05) is 17.4 Å². The molecule has 1 saturated carbocycles. The van der Waals surface area contributed by atoms with E-state index in [4.69, 9.17) is 5.11 Å². The van der Waals surface area contributed by atoms with Crippen molar-refractivity contribution in [3.63, 3.8) is 0 Å². The second kappa shape index (κ2) is 9.43. The SMILES string of the molecule is CCc1sc(-c2ccccc2)cc1C(Nc1ccc(C(=O)O)nc1)C1CCCCC1. The summed E-state index contributed by atoms with van der Waals surface area (Å²) in [5, 5.41) is 12.9. The van der Waals surface area contributed by atoms with Crippen molar-refractivity contribution in [1.29, 1.82) is 0 Å². The van der Waals surface area contributed by atoms with Crippen molar-refractivity contribution in [2.75, 3.05) is 5.32 Å². The minimum absolute atomic E-state index is 0.0749. The van der Waals surface area contributed by atoms with Crippen molar-refractivity contribution in [3.8, 4) is 10.4 Å². The van der Waals surface area contributed by atoms with Crippen LogP contribution in [0.1, 0.15) is 66.0 Å². The Labute approximate surface area is 182 Å². The Morgan fingerprint density at radius 1 is 1.17 bits per heavy atom. The molecule has 4 nitrogen and oxygen atoms in total. The standard InChI is InChI=1S/C25H28N2O2S/c1-2-22-20(15-23(30-22)17-9-5-3-6-10-17)24(18-11-7-4-8-12-18)27-19-13-14-21(25(28)29)26-16-19/h3,5-6,9-10,13-16,18,24,27H,2,4,7-8,11-12H2,1H3,(H,28,29). The molecule has 0 bridgehead atoms. The average molecular weight is 421 g/mol. The Morgan fingerprint density at radius 3 is 2.57 bits per heavy atom. The molecule has 2 aromatic heterocycles. The van der Waals surface area contributed by atoms with Crippen LogP contribution >= 0.6 is 11.3 Å². The number of aromatic carboxylic acids is 1. The normalized spacial score (nSPS) is 15.6. The number of aryl methyl sites for hydroxylation is 1. The summed E-state index contributed by atoms with van der Waals surface area (Å²) in [5.74, 6) is -0.426. The molecule has 30 heavy (non-hydrogen) atoms. The average Bonchev–Trinajstić information content (AvgIpc) is 3.23. The summed E-state index contributed by atoms with van der Waals surface area (Å²) >= 11 is 1.89. The smallest absolute Gasteiger partial charge is 0.354 e. The molecular weight excluding hydrogens is 392 g/mol. The molecule has 2 heterocycles. The lowest BCUT2D eigenvalue weighted by molar-refractivity contribution is 0.0690. The van der Waals surface area contributed by atoms with Crippen LogP contribution in [-0.2, 0) is 6.42 Å². The van der Waals surface area contributed by atoms with Gasteiger partial charge in [-0.1, -0.05) is 56.5 Å². The number of thiophene rings is 1. The predicted molar refractivity (Wildman–Crippen MR) is 123 cm³/mol. The van der Waals surface area contributed by atoms with Crippen LogP contribution in [0.15, 0.2) is 54.7 Å². The quantitative estimate of drug-likeness (QED) is 0.441. The van der Waals surface area contributed by atoms with Gasteiger partial charge in [0.2, 0.25) is 0 Å². The van der Waals surface area contributed by atoms with Gasteiger partial charge in [-0.3, -0.25) is 0 Å². The number of hydrogen-bond donors (Lipinski definition) is 2. The van der Waals surface area contributed by atoms with Crippen molar-refractivity contribution < 1.29 is 9.90 Å². The van der Waals surface area contributed by atoms with E-state index in [1.54, 1.807) is 12.3 Å². The molecule has 5 heteroatoms. The molecular formula is C25H28N2O2S. The number of pyridine rings is 1. The molecule has 2 N–H and O–H groups in total. The van der Waals surface area contributed by atoms with Crippen LogP contribution in [0, 0.1) is 5.92 Å². The lowest BCUT2D eigenvalue weighted by atomic mass is 9.80. The highest BCUT2D eigenvalue weighted by Crippen LogP contribution is 2.42. The van der Waals surface area contributed by atoms with Crippen LogP contribution in [0.2, 0.25) is 0 Å². The van der Waals surface area contributed by atoms with Crippen molar-refractivity contribution in [1.82, 2.24) is 4.98 Å². The maximum Gasteiger partial charge on any atom is 0.354 e. The van der Waals surface area contributed by atoms with E-state index in [2.05, 4.69) is 53.6 Å². The fraction of sp³-hybridized carbons (Fsp3) is 0.360. The maximum atomic E-state index is 11.1. The molecule has 1 aliphatic rings. The Bertz CT molecular complexity index is 976. The third-order valence-corrected chi connectivity index (χ3v) is 7.33. The van der Waals surface area contributed by atoms with Gasteiger partial charge in [0.25, 0.3) is 0 Å². The zero-order valence-corrected chi connectivity index (χ0v) is 18.1. The van der Waals surface area contributed by atoms with Crippen molar-refractivity contribution in [2.24, 2.45) is 5.92 Å². The minimum atomic E-state index is -0.996. The predicted octanol–water partition coefficient (Wildman–Crippen LogP) is 6.80. The second-order valence-electron chi connectivity index (χ2n) is 7.97. The molecule has 0 spiro atoms. The number of benzene rings is 1. The highest BCUT2D eigenvalue weighted by atomic mass is 32.1. The number of aromatic nitrogens is 1. The van der Waals surface area contributed by atoms with Crippen LogP contribution in [0.25, 0.3) is 10.4 Å². The van der Waals surface area contributed by atoms with Gasteiger partial charge >= 0.3 is 5.97 Å². The Kier molecular flexibility index (Phi) is 6.48. The first-order valence-electron chi connectivity index (χ1n) is 10.8. The van der Waals surface area contributed by atoms with Crippen LogP contribution in [0.3, 0.4) is 0 Å². The number of nitrogens with zero attached hydrogens (tertiary/aromatic N) is 1. The molecule has 1 fully saturated rings. The van der Waals surface area contributed by atoms with Crippen LogP contribution < -0.4 is 5.32 Å². The highest BCUT2D eigenvalue weighted by molar-refractivity contribution is 7.15. The van der Waals surface area contributed by atoms with Crippen molar-refractivity contribution in [2.45, 2.75) is 51.5 Å². The van der Waals surface area contributed by atoms with Gasteiger partial charge in [0.05, 0.1) is 17.9 Å². The van der Waals surface area contributed by atoms with E-state index < -0.39 is 5.97 Å². The van der Waals surface area contributed by atoms with Crippen LogP contribution in [0.5, 0.6) is 0 Å². The molecule has 3 aromatic rings. The fourth-order valence-corrected chi connectivity index (χ4v) is 5.58. The molecule has 0 saturated heterocycles. The minimum Gasteiger partial charge on any atom is -0.477 e.